The number of carbonyl (C=O) groups excluding carboxylic acids is 1. The number of carbonyl (C=O) groups is 1. The van der Waals surface area contributed by atoms with Crippen LogP contribution < -0.4 is 18.9 Å². The summed E-state index contributed by atoms with van der Waals surface area (Å²) >= 11 is 0.210. The Morgan fingerprint density at radius 1 is 0.825 bits per heavy atom. The van der Waals surface area contributed by atoms with Gasteiger partial charge in [-0.3, -0.25) is 0 Å². The van der Waals surface area contributed by atoms with Crippen molar-refractivity contribution in [2.24, 2.45) is 0 Å². The Kier molecular flexibility index (Phi) is 9.60. The van der Waals surface area contributed by atoms with Crippen molar-refractivity contribution in [1.29, 1.82) is 0 Å². The maximum absolute atomic E-state index is 14.5. The van der Waals surface area contributed by atoms with Gasteiger partial charge in [0, 0.05) is 0 Å². The highest BCUT2D eigenvalue weighted by molar-refractivity contribution is 7.99. The van der Waals surface area contributed by atoms with Crippen molar-refractivity contribution in [3.8, 4) is 23.1 Å². The van der Waals surface area contributed by atoms with Crippen molar-refractivity contribution >= 4 is 17.7 Å². The van der Waals surface area contributed by atoms with Crippen molar-refractivity contribution in [2.45, 2.75) is 63.8 Å². The summed E-state index contributed by atoms with van der Waals surface area (Å²) in [5.74, 6) is -10.9. The molecule has 0 spiro atoms. The summed E-state index contributed by atoms with van der Waals surface area (Å²) in [6, 6.07) is 2.78. The first-order chi connectivity index (χ1) is 18.8. The van der Waals surface area contributed by atoms with E-state index in [2.05, 4.69) is 5.10 Å². The van der Waals surface area contributed by atoms with Crippen LogP contribution >= 0.6 is 11.8 Å². The van der Waals surface area contributed by atoms with Crippen molar-refractivity contribution in [3.05, 3.63) is 52.5 Å². The third-order valence-corrected chi connectivity index (χ3v) is 6.55. The van der Waals surface area contributed by atoms with E-state index < -0.39 is 45.5 Å². The molecule has 40 heavy (non-hydrogen) atoms. The topological polar surface area (TPSA) is 71.8 Å². The second-order valence-corrected chi connectivity index (χ2v) is 10.3. The van der Waals surface area contributed by atoms with Crippen LogP contribution in [-0.2, 0) is 5.54 Å². The summed E-state index contributed by atoms with van der Waals surface area (Å²) in [4.78, 5) is 12.2. The van der Waals surface area contributed by atoms with E-state index in [-0.39, 0.29) is 58.5 Å². The molecule has 0 bridgehead atoms. The van der Waals surface area contributed by atoms with Gasteiger partial charge >= 0.3 is 5.97 Å². The summed E-state index contributed by atoms with van der Waals surface area (Å²) in [7, 11) is 0. The molecule has 0 aliphatic rings. The molecule has 3 aromatic rings. The van der Waals surface area contributed by atoms with Gasteiger partial charge in [0.05, 0.1) is 46.4 Å². The van der Waals surface area contributed by atoms with Crippen LogP contribution in [0, 0.1) is 36.0 Å². The molecule has 0 N–H and O–H groups in total. The lowest BCUT2D eigenvalue weighted by atomic mass is 10.1. The van der Waals surface area contributed by atoms with Crippen molar-refractivity contribution in [3.63, 3.8) is 0 Å². The van der Waals surface area contributed by atoms with Crippen LogP contribution in [0.15, 0.2) is 21.9 Å². The van der Waals surface area contributed by atoms with Gasteiger partial charge in [-0.2, -0.15) is 5.10 Å². The van der Waals surface area contributed by atoms with Crippen molar-refractivity contribution in [1.82, 2.24) is 9.78 Å². The number of hydrogen-bond acceptors (Lipinski definition) is 7. The molecule has 3 rings (SSSR count). The number of nitrogens with zero attached hydrogens (tertiary/aromatic N) is 2. The van der Waals surface area contributed by atoms with Gasteiger partial charge in [-0.1, -0.05) is 11.8 Å². The van der Waals surface area contributed by atoms with Gasteiger partial charge in [0.2, 0.25) is 17.4 Å². The van der Waals surface area contributed by atoms with Crippen LogP contribution in [0.2, 0.25) is 0 Å². The molecule has 0 saturated carbocycles. The van der Waals surface area contributed by atoms with Crippen LogP contribution in [0.4, 0.5) is 22.0 Å². The molecular weight excluding hydrogens is 559 g/mol. The zero-order valence-corrected chi connectivity index (χ0v) is 23.8. The Morgan fingerprint density at radius 3 is 1.75 bits per heavy atom. The first kappa shape index (κ1) is 31.1. The third-order valence-electron chi connectivity index (χ3n) is 5.31. The fourth-order valence-corrected chi connectivity index (χ4v) is 4.55. The normalized spacial score (nSPS) is 11.5. The van der Waals surface area contributed by atoms with Gasteiger partial charge in [-0.15, -0.1) is 0 Å². The van der Waals surface area contributed by atoms with Crippen LogP contribution in [0.25, 0.3) is 0 Å². The van der Waals surface area contributed by atoms with E-state index in [1.807, 2.05) is 0 Å². The van der Waals surface area contributed by atoms with Crippen LogP contribution in [0.3, 0.4) is 0 Å². The fourth-order valence-electron chi connectivity index (χ4n) is 3.58. The van der Waals surface area contributed by atoms with E-state index in [4.69, 9.17) is 18.9 Å². The molecule has 0 unspecified atom stereocenters. The monoisotopic (exact) mass is 588 g/mol. The molecule has 0 radical (unpaired) electrons. The Labute approximate surface area is 232 Å². The number of aryl methyl sites for hydroxylation is 1. The minimum absolute atomic E-state index is 0.0122. The van der Waals surface area contributed by atoms with Crippen LogP contribution in [-0.4, -0.2) is 35.6 Å². The van der Waals surface area contributed by atoms with Crippen molar-refractivity contribution < 1.29 is 45.7 Å². The predicted molar refractivity (Wildman–Crippen MR) is 137 cm³/mol. The van der Waals surface area contributed by atoms with E-state index in [1.54, 1.807) is 41.5 Å². The van der Waals surface area contributed by atoms with Gasteiger partial charge in [0.25, 0.3) is 0 Å². The predicted octanol–water partition coefficient (Wildman–Crippen LogP) is 7.21. The van der Waals surface area contributed by atoms with E-state index in [9.17, 15) is 26.7 Å². The first-order valence-electron chi connectivity index (χ1n) is 12.3. The summed E-state index contributed by atoms with van der Waals surface area (Å²) in [5.41, 5.74) is -0.702. The lowest BCUT2D eigenvalue weighted by molar-refractivity contribution is 0.0702. The van der Waals surface area contributed by atoms with Gasteiger partial charge < -0.3 is 18.9 Å². The van der Waals surface area contributed by atoms with Gasteiger partial charge in [-0.05, 0) is 60.6 Å². The molecular formula is C27H29F5N2O5S. The Bertz CT molecular complexity index is 1370. The molecule has 2 aromatic carbocycles. The molecule has 0 fully saturated rings. The summed E-state index contributed by atoms with van der Waals surface area (Å²) in [6.45, 7) is 12.7. The number of aromatic nitrogens is 2. The standard InChI is InChI=1S/C27H29F5N2O5S/c1-8-36-15-11-14(12-16(37-9-2)22(15)38-10-3)26(35)39-25-23(13(4)33-34(25)27(5,6)7)40-24-20(31)18(29)17(28)19(30)21(24)32/h11-12H,8-10H2,1-7H3. The zero-order chi connectivity index (χ0) is 29.9. The molecule has 7 nitrogen and oxygen atoms in total. The highest BCUT2D eigenvalue weighted by Crippen LogP contribution is 2.44. The first-order valence-corrected chi connectivity index (χ1v) is 13.2. The molecule has 218 valence electrons. The number of hydrogen-bond donors (Lipinski definition) is 0. The number of benzene rings is 2. The molecule has 0 aliphatic heterocycles. The second-order valence-electron chi connectivity index (χ2n) is 9.29. The van der Waals surface area contributed by atoms with Crippen LogP contribution in [0.5, 0.6) is 23.1 Å². The summed E-state index contributed by atoms with van der Waals surface area (Å²) in [6.07, 6.45) is 0. The molecule has 1 heterocycles. The lowest BCUT2D eigenvalue weighted by Crippen LogP contribution is -2.25. The summed E-state index contributed by atoms with van der Waals surface area (Å²) in [5, 5.41) is 4.32. The molecule has 0 aliphatic carbocycles. The lowest BCUT2D eigenvalue weighted by Gasteiger charge is -2.22. The third kappa shape index (κ3) is 6.13. The number of esters is 1. The Hall–Kier alpha value is -3.48. The van der Waals surface area contributed by atoms with Gasteiger partial charge in [-0.25, -0.2) is 31.4 Å². The SMILES string of the molecule is CCOc1cc(C(=O)Oc2c(Sc3c(F)c(F)c(F)c(F)c3F)c(C)nn2C(C)(C)C)cc(OCC)c1OCC. The average molecular weight is 589 g/mol. The highest BCUT2D eigenvalue weighted by Gasteiger charge is 2.32. The quantitative estimate of drug-likeness (QED) is 0.107. The maximum atomic E-state index is 14.5. The number of halogens is 5. The maximum Gasteiger partial charge on any atom is 0.345 e. The number of ether oxygens (including phenoxy) is 4. The minimum atomic E-state index is -2.28. The smallest absolute Gasteiger partial charge is 0.345 e. The summed E-state index contributed by atoms with van der Waals surface area (Å²) < 4.78 is 94.4. The average Bonchev–Trinajstić information content (AvgIpc) is 3.21. The van der Waals surface area contributed by atoms with Crippen LogP contribution in [0.1, 0.15) is 57.6 Å². The molecule has 1 aromatic heterocycles. The number of rotatable bonds is 10. The molecule has 0 saturated heterocycles. The Morgan fingerprint density at radius 2 is 1.30 bits per heavy atom. The molecule has 0 amide bonds. The Balaban J connectivity index is 2.15. The molecule has 0 atom stereocenters. The van der Waals surface area contributed by atoms with Crippen molar-refractivity contribution in [2.75, 3.05) is 19.8 Å². The zero-order valence-electron chi connectivity index (χ0n) is 23.0. The van der Waals surface area contributed by atoms with E-state index in [1.165, 1.54) is 23.7 Å². The van der Waals surface area contributed by atoms with Gasteiger partial charge in [0.15, 0.2) is 34.8 Å². The highest BCUT2D eigenvalue weighted by atomic mass is 32.2. The minimum Gasteiger partial charge on any atom is -0.490 e. The largest absolute Gasteiger partial charge is 0.490 e. The van der Waals surface area contributed by atoms with E-state index in [0.717, 1.165) is 0 Å². The van der Waals surface area contributed by atoms with E-state index >= 15 is 0 Å². The van der Waals surface area contributed by atoms with Gasteiger partial charge in [0.1, 0.15) is 0 Å². The van der Waals surface area contributed by atoms with E-state index in [0.29, 0.717) is 12.4 Å². The second kappa shape index (κ2) is 12.4. The fraction of sp³-hybridized carbons (Fsp3) is 0.407. The molecule has 13 heteroatoms.